The number of benzene rings is 2. The Labute approximate surface area is 181 Å². The summed E-state index contributed by atoms with van der Waals surface area (Å²) < 4.78 is 10.6. The van der Waals surface area contributed by atoms with Crippen molar-refractivity contribution < 1.29 is 23.9 Å². The second-order valence-electron chi connectivity index (χ2n) is 7.67. The van der Waals surface area contributed by atoms with Crippen LogP contribution in [0.3, 0.4) is 0 Å². The minimum absolute atomic E-state index is 0.0730. The fraction of sp³-hybridized carbons (Fsp3) is 0.348. The molecule has 8 nitrogen and oxygen atoms in total. The Morgan fingerprint density at radius 1 is 1.06 bits per heavy atom. The van der Waals surface area contributed by atoms with E-state index >= 15 is 0 Å². The third-order valence-corrected chi connectivity index (χ3v) is 5.19. The van der Waals surface area contributed by atoms with Crippen molar-refractivity contribution in [3.8, 4) is 11.5 Å². The molecule has 2 atom stereocenters. The fourth-order valence-electron chi connectivity index (χ4n) is 3.55. The van der Waals surface area contributed by atoms with Crippen molar-refractivity contribution >= 4 is 23.4 Å². The Balaban J connectivity index is 1.74. The number of rotatable bonds is 7. The van der Waals surface area contributed by atoms with Gasteiger partial charge in [0, 0.05) is 0 Å². The van der Waals surface area contributed by atoms with Crippen LogP contribution in [-0.2, 0) is 9.59 Å². The van der Waals surface area contributed by atoms with Gasteiger partial charge in [-0.2, -0.15) is 0 Å². The summed E-state index contributed by atoms with van der Waals surface area (Å²) in [6.45, 7) is 3.97. The van der Waals surface area contributed by atoms with E-state index in [0.29, 0.717) is 22.7 Å². The Morgan fingerprint density at radius 2 is 1.77 bits per heavy atom. The lowest BCUT2D eigenvalue weighted by molar-refractivity contribution is -0.126. The summed E-state index contributed by atoms with van der Waals surface area (Å²) in [7, 11) is 3.11. The molecule has 1 aliphatic heterocycles. The van der Waals surface area contributed by atoms with Gasteiger partial charge in [-0.3, -0.25) is 14.4 Å². The molecule has 3 rings (SSSR count). The van der Waals surface area contributed by atoms with Crippen molar-refractivity contribution in [3.63, 3.8) is 0 Å². The Morgan fingerprint density at radius 3 is 2.45 bits per heavy atom. The molecule has 3 N–H and O–H groups in total. The van der Waals surface area contributed by atoms with Crippen LogP contribution in [0.4, 0.5) is 5.69 Å². The highest BCUT2D eigenvalue weighted by Gasteiger charge is 2.30. The Kier molecular flexibility index (Phi) is 6.79. The molecule has 0 saturated heterocycles. The number of carbonyl (C=O) groups excluding carboxylic acids is 3. The van der Waals surface area contributed by atoms with Crippen molar-refractivity contribution in [2.24, 2.45) is 5.92 Å². The molecule has 8 heteroatoms. The fourth-order valence-corrected chi connectivity index (χ4v) is 3.55. The smallest absolute Gasteiger partial charge is 0.254 e. The number of ether oxygens (including phenoxy) is 2. The van der Waals surface area contributed by atoms with E-state index in [1.807, 2.05) is 26.0 Å². The van der Waals surface area contributed by atoms with E-state index in [1.54, 1.807) is 44.6 Å². The second-order valence-corrected chi connectivity index (χ2v) is 7.67. The number of para-hydroxylation sites is 1. The minimum Gasteiger partial charge on any atom is -0.493 e. The molecule has 0 saturated carbocycles. The van der Waals surface area contributed by atoms with E-state index in [1.165, 1.54) is 0 Å². The molecule has 1 aliphatic rings. The monoisotopic (exact) mass is 425 g/mol. The van der Waals surface area contributed by atoms with E-state index < -0.39 is 17.9 Å². The summed E-state index contributed by atoms with van der Waals surface area (Å²) in [5.41, 5.74) is 1.64. The molecule has 31 heavy (non-hydrogen) atoms. The van der Waals surface area contributed by atoms with Gasteiger partial charge in [-0.1, -0.05) is 32.0 Å². The van der Waals surface area contributed by atoms with Crippen LogP contribution >= 0.6 is 0 Å². The average molecular weight is 425 g/mol. The zero-order chi connectivity index (χ0) is 22.5. The van der Waals surface area contributed by atoms with Crippen LogP contribution in [0.5, 0.6) is 11.5 Å². The number of amides is 3. The largest absolute Gasteiger partial charge is 0.493 e. The number of hydrogen-bond donors (Lipinski definition) is 3. The molecule has 2 aromatic rings. The third kappa shape index (κ3) is 4.96. The van der Waals surface area contributed by atoms with Crippen molar-refractivity contribution in [2.45, 2.75) is 32.4 Å². The third-order valence-electron chi connectivity index (χ3n) is 5.19. The van der Waals surface area contributed by atoms with Gasteiger partial charge in [0.05, 0.1) is 37.9 Å². The number of fused-ring (bicyclic) bond motifs is 1. The van der Waals surface area contributed by atoms with E-state index in [-0.39, 0.29) is 24.3 Å². The number of carbonyl (C=O) groups is 3. The summed E-state index contributed by atoms with van der Waals surface area (Å²) in [6.07, 6.45) is -0.179. The normalized spacial score (nSPS) is 16.5. The zero-order valence-electron chi connectivity index (χ0n) is 18.0. The number of nitrogens with one attached hydrogen (secondary N) is 3. The van der Waals surface area contributed by atoms with Gasteiger partial charge in [-0.15, -0.1) is 0 Å². The van der Waals surface area contributed by atoms with Gasteiger partial charge in [0.1, 0.15) is 6.04 Å². The lowest BCUT2D eigenvalue weighted by atomic mass is 9.95. The van der Waals surface area contributed by atoms with Crippen LogP contribution in [0.25, 0.3) is 0 Å². The van der Waals surface area contributed by atoms with Crippen LogP contribution < -0.4 is 25.4 Å². The summed E-state index contributed by atoms with van der Waals surface area (Å²) in [4.78, 5) is 37.8. The predicted molar refractivity (Wildman–Crippen MR) is 116 cm³/mol. The van der Waals surface area contributed by atoms with Gasteiger partial charge >= 0.3 is 0 Å². The number of hydrogen-bond acceptors (Lipinski definition) is 5. The quantitative estimate of drug-likeness (QED) is 0.632. The van der Waals surface area contributed by atoms with Crippen LogP contribution in [0.1, 0.15) is 42.2 Å². The van der Waals surface area contributed by atoms with Crippen molar-refractivity contribution in [1.29, 1.82) is 0 Å². The molecule has 0 aromatic heterocycles. The standard InChI is InChI=1S/C23H27N3O5/c1-13(2)21(14-9-10-18(30-3)19(11-14)31-4)26-20(27)12-17-23(29)24-16-8-6-5-7-15(16)22(28)25-17/h5-11,13,17,21H,12H2,1-4H3,(H,24,29)(H,25,28)(H,26,27). The molecule has 0 fully saturated rings. The van der Waals surface area contributed by atoms with E-state index in [2.05, 4.69) is 16.0 Å². The first-order valence-corrected chi connectivity index (χ1v) is 10.1. The average Bonchev–Trinajstić information content (AvgIpc) is 2.87. The summed E-state index contributed by atoms with van der Waals surface area (Å²) in [6, 6.07) is 10.9. The molecular weight excluding hydrogens is 398 g/mol. The first-order chi connectivity index (χ1) is 14.8. The van der Waals surface area contributed by atoms with Crippen LogP contribution in [-0.4, -0.2) is 38.0 Å². The lowest BCUT2D eigenvalue weighted by Gasteiger charge is -2.25. The van der Waals surface area contributed by atoms with Gasteiger partial charge in [0.15, 0.2) is 11.5 Å². The van der Waals surface area contributed by atoms with Crippen LogP contribution in [0.2, 0.25) is 0 Å². The maximum Gasteiger partial charge on any atom is 0.254 e. The molecule has 0 bridgehead atoms. The molecule has 3 amide bonds. The molecule has 2 aromatic carbocycles. The second kappa shape index (κ2) is 9.51. The summed E-state index contributed by atoms with van der Waals surface area (Å²) in [5, 5.41) is 8.33. The lowest BCUT2D eigenvalue weighted by Crippen LogP contribution is -2.45. The van der Waals surface area contributed by atoms with Gasteiger partial charge in [-0.05, 0) is 35.7 Å². The molecule has 0 spiro atoms. The highest BCUT2D eigenvalue weighted by Crippen LogP contribution is 2.32. The molecular formula is C23H27N3O5. The van der Waals surface area contributed by atoms with Crippen molar-refractivity contribution in [2.75, 3.05) is 19.5 Å². The van der Waals surface area contributed by atoms with E-state index in [4.69, 9.17) is 9.47 Å². The molecule has 0 aliphatic carbocycles. The molecule has 164 valence electrons. The van der Waals surface area contributed by atoms with Gasteiger partial charge in [0.25, 0.3) is 5.91 Å². The van der Waals surface area contributed by atoms with Crippen molar-refractivity contribution in [3.05, 3.63) is 53.6 Å². The maximum absolute atomic E-state index is 12.8. The predicted octanol–water partition coefficient (Wildman–Crippen LogP) is 2.66. The highest BCUT2D eigenvalue weighted by atomic mass is 16.5. The molecule has 1 heterocycles. The summed E-state index contributed by atoms with van der Waals surface area (Å²) >= 11 is 0. The van der Waals surface area contributed by atoms with E-state index in [9.17, 15) is 14.4 Å². The maximum atomic E-state index is 12.8. The minimum atomic E-state index is -0.974. The topological polar surface area (TPSA) is 106 Å². The molecule has 0 radical (unpaired) electrons. The number of anilines is 1. The first kappa shape index (κ1) is 22.1. The van der Waals surface area contributed by atoms with Gasteiger partial charge < -0.3 is 25.4 Å². The first-order valence-electron chi connectivity index (χ1n) is 10.1. The van der Waals surface area contributed by atoms with Crippen molar-refractivity contribution in [1.82, 2.24) is 10.6 Å². The SMILES string of the molecule is COc1ccc(C(NC(=O)CC2NC(=O)c3ccccc3NC2=O)C(C)C)cc1OC. The highest BCUT2D eigenvalue weighted by molar-refractivity contribution is 6.10. The zero-order valence-corrected chi connectivity index (χ0v) is 18.0. The molecule has 2 unspecified atom stereocenters. The summed E-state index contributed by atoms with van der Waals surface area (Å²) in [5.74, 6) is 0.0574. The number of methoxy groups -OCH3 is 2. The van der Waals surface area contributed by atoms with Gasteiger partial charge in [-0.25, -0.2) is 0 Å². The van der Waals surface area contributed by atoms with Crippen LogP contribution in [0, 0.1) is 5.92 Å². The Bertz CT molecular complexity index is 989. The van der Waals surface area contributed by atoms with Gasteiger partial charge in [0.2, 0.25) is 11.8 Å². The van der Waals surface area contributed by atoms with E-state index in [0.717, 1.165) is 5.56 Å². The Hall–Kier alpha value is -3.55. The van der Waals surface area contributed by atoms with Crippen LogP contribution in [0.15, 0.2) is 42.5 Å².